The molecule has 1 aromatic heterocycles. The van der Waals surface area contributed by atoms with E-state index < -0.39 is 0 Å². The number of aromatic nitrogens is 4. The van der Waals surface area contributed by atoms with Crippen molar-refractivity contribution >= 4 is 5.78 Å². The lowest BCUT2D eigenvalue weighted by Crippen LogP contribution is -2.06. The quantitative estimate of drug-likeness (QED) is 0.597. The smallest absolute Gasteiger partial charge is 0.184 e. The third-order valence-corrected chi connectivity index (χ3v) is 1.52. The Kier molecular flexibility index (Phi) is 1.98. The molecule has 0 aliphatic rings. The molecule has 1 aromatic rings. The van der Waals surface area contributed by atoms with Gasteiger partial charge in [-0.1, -0.05) is 0 Å². The molecule has 0 saturated heterocycles. The number of ketones is 1. The first-order chi connectivity index (χ1) is 5.11. The Hall–Kier alpha value is -1.26. The molecule has 0 radical (unpaired) electrons. The van der Waals surface area contributed by atoms with Gasteiger partial charge in [0.15, 0.2) is 5.82 Å². The SMILES string of the molecule is CC(=O)C(C)c1nnn(C)n1. The van der Waals surface area contributed by atoms with Gasteiger partial charge in [-0.05, 0) is 19.1 Å². The molecular weight excluding hydrogens is 144 g/mol. The van der Waals surface area contributed by atoms with Crippen LogP contribution in [0.5, 0.6) is 0 Å². The van der Waals surface area contributed by atoms with E-state index >= 15 is 0 Å². The van der Waals surface area contributed by atoms with Crippen molar-refractivity contribution in [1.29, 1.82) is 0 Å². The topological polar surface area (TPSA) is 60.7 Å². The molecule has 0 saturated carbocycles. The van der Waals surface area contributed by atoms with Gasteiger partial charge >= 0.3 is 0 Å². The number of hydrogen-bond acceptors (Lipinski definition) is 4. The fourth-order valence-electron chi connectivity index (χ4n) is 0.654. The molecule has 0 aromatic carbocycles. The fraction of sp³-hybridized carbons (Fsp3) is 0.667. The van der Waals surface area contributed by atoms with Crippen molar-refractivity contribution in [3.8, 4) is 0 Å². The summed E-state index contributed by atoms with van der Waals surface area (Å²) in [6, 6.07) is 0. The van der Waals surface area contributed by atoms with E-state index in [1.165, 1.54) is 11.7 Å². The summed E-state index contributed by atoms with van der Waals surface area (Å²) in [6.07, 6.45) is 0. The Balaban J connectivity index is 2.84. The van der Waals surface area contributed by atoms with Gasteiger partial charge in [0.25, 0.3) is 0 Å². The summed E-state index contributed by atoms with van der Waals surface area (Å²) in [5.74, 6) is 0.293. The third-order valence-electron chi connectivity index (χ3n) is 1.52. The van der Waals surface area contributed by atoms with Crippen molar-refractivity contribution in [3.05, 3.63) is 5.82 Å². The second kappa shape index (κ2) is 2.77. The normalized spacial score (nSPS) is 13.0. The molecule has 0 fully saturated rings. The maximum absolute atomic E-state index is 10.8. The van der Waals surface area contributed by atoms with Gasteiger partial charge in [-0.2, -0.15) is 4.80 Å². The van der Waals surface area contributed by atoms with Gasteiger partial charge in [0.2, 0.25) is 0 Å². The molecule has 5 nitrogen and oxygen atoms in total. The zero-order valence-corrected chi connectivity index (χ0v) is 6.77. The third kappa shape index (κ3) is 1.60. The second-order valence-electron chi connectivity index (χ2n) is 2.47. The highest BCUT2D eigenvalue weighted by Gasteiger charge is 2.15. The van der Waals surface area contributed by atoms with Gasteiger partial charge in [0.05, 0.1) is 13.0 Å². The summed E-state index contributed by atoms with van der Waals surface area (Å²) in [7, 11) is 1.67. The number of carbonyl (C=O) groups is 1. The van der Waals surface area contributed by atoms with E-state index in [2.05, 4.69) is 15.4 Å². The molecule has 0 aliphatic heterocycles. The Morgan fingerprint density at radius 3 is 2.64 bits per heavy atom. The van der Waals surface area contributed by atoms with Crippen molar-refractivity contribution in [2.75, 3.05) is 0 Å². The zero-order valence-electron chi connectivity index (χ0n) is 6.77. The monoisotopic (exact) mass is 154 g/mol. The molecule has 1 unspecified atom stereocenters. The maximum atomic E-state index is 10.8. The summed E-state index contributed by atoms with van der Waals surface area (Å²) in [4.78, 5) is 12.2. The van der Waals surface area contributed by atoms with E-state index in [1.54, 1.807) is 14.0 Å². The number of Topliss-reactive ketones (excluding diaryl/α,β-unsaturated/α-hetero) is 1. The summed E-state index contributed by atoms with van der Waals surface area (Å²) in [5, 5.41) is 11.2. The lowest BCUT2D eigenvalue weighted by atomic mass is 10.1. The lowest BCUT2D eigenvalue weighted by molar-refractivity contribution is -0.118. The minimum atomic E-state index is -0.247. The number of rotatable bonds is 2. The Labute approximate surface area is 64.4 Å². The predicted octanol–water partition coefficient (Wildman–Crippen LogP) is -0.0974. The van der Waals surface area contributed by atoms with Crippen molar-refractivity contribution in [3.63, 3.8) is 0 Å². The summed E-state index contributed by atoms with van der Waals surface area (Å²) in [6.45, 7) is 3.28. The Morgan fingerprint density at radius 2 is 2.27 bits per heavy atom. The second-order valence-corrected chi connectivity index (χ2v) is 2.47. The number of hydrogen-bond donors (Lipinski definition) is 0. The van der Waals surface area contributed by atoms with Crippen LogP contribution in [0.15, 0.2) is 0 Å². The summed E-state index contributed by atoms with van der Waals surface area (Å²) < 4.78 is 0. The van der Waals surface area contributed by atoms with E-state index in [4.69, 9.17) is 0 Å². The molecule has 0 bridgehead atoms. The van der Waals surface area contributed by atoms with Crippen LogP contribution in [-0.4, -0.2) is 26.0 Å². The molecule has 11 heavy (non-hydrogen) atoms. The van der Waals surface area contributed by atoms with E-state index in [1.807, 2.05) is 0 Å². The minimum absolute atomic E-state index is 0.0537. The molecular formula is C6H10N4O. The highest BCUT2D eigenvalue weighted by atomic mass is 16.1. The molecule has 0 aliphatic carbocycles. The van der Waals surface area contributed by atoms with Gasteiger partial charge in [-0.15, -0.1) is 10.2 Å². The number of carbonyl (C=O) groups excluding carboxylic acids is 1. The van der Waals surface area contributed by atoms with Gasteiger partial charge in [0.1, 0.15) is 5.78 Å². The van der Waals surface area contributed by atoms with E-state index in [9.17, 15) is 4.79 Å². The molecule has 5 heteroatoms. The average Bonchev–Trinajstić information content (AvgIpc) is 2.34. The zero-order chi connectivity index (χ0) is 8.43. The highest BCUT2D eigenvalue weighted by Crippen LogP contribution is 2.08. The number of aryl methyl sites for hydroxylation is 1. The minimum Gasteiger partial charge on any atom is -0.299 e. The maximum Gasteiger partial charge on any atom is 0.184 e. The average molecular weight is 154 g/mol. The van der Waals surface area contributed by atoms with Crippen LogP contribution >= 0.6 is 0 Å². The molecule has 1 heterocycles. The Morgan fingerprint density at radius 1 is 1.64 bits per heavy atom. The van der Waals surface area contributed by atoms with E-state index in [0.29, 0.717) is 5.82 Å². The number of nitrogens with zero attached hydrogens (tertiary/aromatic N) is 4. The van der Waals surface area contributed by atoms with Gasteiger partial charge in [0, 0.05) is 0 Å². The van der Waals surface area contributed by atoms with Crippen molar-refractivity contribution < 1.29 is 4.79 Å². The molecule has 1 atom stereocenters. The van der Waals surface area contributed by atoms with E-state index in [0.717, 1.165) is 0 Å². The Bertz CT molecular complexity index is 267. The van der Waals surface area contributed by atoms with E-state index in [-0.39, 0.29) is 11.7 Å². The molecule has 0 spiro atoms. The van der Waals surface area contributed by atoms with Crippen molar-refractivity contribution in [2.45, 2.75) is 19.8 Å². The molecule has 1 rings (SSSR count). The first-order valence-corrected chi connectivity index (χ1v) is 3.35. The molecule has 0 N–H and O–H groups in total. The molecule has 0 amide bonds. The van der Waals surface area contributed by atoms with Crippen molar-refractivity contribution in [2.24, 2.45) is 7.05 Å². The largest absolute Gasteiger partial charge is 0.299 e. The lowest BCUT2D eigenvalue weighted by Gasteiger charge is -1.97. The summed E-state index contributed by atoms with van der Waals surface area (Å²) in [5.41, 5.74) is 0. The van der Waals surface area contributed by atoms with Crippen LogP contribution in [0.2, 0.25) is 0 Å². The van der Waals surface area contributed by atoms with Crippen LogP contribution in [0.1, 0.15) is 25.6 Å². The summed E-state index contributed by atoms with van der Waals surface area (Å²) >= 11 is 0. The highest BCUT2D eigenvalue weighted by molar-refractivity contribution is 5.81. The van der Waals surface area contributed by atoms with Crippen LogP contribution in [0.4, 0.5) is 0 Å². The predicted molar refractivity (Wildman–Crippen MR) is 37.9 cm³/mol. The first-order valence-electron chi connectivity index (χ1n) is 3.35. The first kappa shape index (κ1) is 7.84. The van der Waals surface area contributed by atoms with Crippen molar-refractivity contribution in [1.82, 2.24) is 20.2 Å². The van der Waals surface area contributed by atoms with Crippen LogP contribution in [0, 0.1) is 0 Å². The van der Waals surface area contributed by atoms with Crippen LogP contribution in [0.25, 0.3) is 0 Å². The number of tetrazole rings is 1. The van der Waals surface area contributed by atoms with Crippen LogP contribution < -0.4 is 0 Å². The molecule has 60 valence electrons. The fourth-order valence-corrected chi connectivity index (χ4v) is 0.654. The van der Waals surface area contributed by atoms with Crippen LogP contribution in [0.3, 0.4) is 0 Å². The standard InChI is InChI=1S/C6H10N4O/c1-4(5(2)11)6-7-9-10(3)8-6/h4H,1-3H3. The van der Waals surface area contributed by atoms with Gasteiger partial charge in [-0.3, -0.25) is 4.79 Å². The van der Waals surface area contributed by atoms with Gasteiger partial charge < -0.3 is 0 Å². The van der Waals surface area contributed by atoms with Gasteiger partial charge in [-0.25, -0.2) is 0 Å². The van der Waals surface area contributed by atoms with Crippen LogP contribution in [-0.2, 0) is 11.8 Å².